The number of sulfonamides is 1. The van der Waals surface area contributed by atoms with Crippen molar-refractivity contribution in [3.05, 3.63) is 108 Å². The summed E-state index contributed by atoms with van der Waals surface area (Å²) in [7, 11) is -3.75. The van der Waals surface area contributed by atoms with Gasteiger partial charge >= 0.3 is 0 Å². The van der Waals surface area contributed by atoms with E-state index in [1.54, 1.807) is 23.1 Å². The quantitative estimate of drug-likeness (QED) is 0.419. The highest BCUT2D eigenvalue weighted by molar-refractivity contribution is 7.92. The standard InChI is InChI=1S/C24H23N5O3S/c1-18-4-2-3-5-23(18)28-33(31,32)22-12-10-21(11-13-22)24(30)26-14-19-6-8-20(9-7-19)15-29-17-25-16-27-29/h2-13,16-17,28H,14-15H2,1H3,(H,26,30). The van der Waals surface area contributed by atoms with E-state index >= 15 is 0 Å². The zero-order chi connectivity index (χ0) is 23.3. The minimum absolute atomic E-state index is 0.0882. The molecule has 0 saturated carbocycles. The van der Waals surface area contributed by atoms with E-state index in [1.165, 1.54) is 30.6 Å². The first-order valence-corrected chi connectivity index (χ1v) is 11.8. The van der Waals surface area contributed by atoms with Gasteiger partial charge in [-0.25, -0.2) is 18.1 Å². The van der Waals surface area contributed by atoms with Crippen molar-refractivity contribution in [2.75, 3.05) is 4.72 Å². The van der Waals surface area contributed by atoms with Crippen LogP contribution in [0.1, 0.15) is 27.0 Å². The fraction of sp³-hybridized carbons (Fsp3) is 0.125. The van der Waals surface area contributed by atoms with Crippen LogP contribution in [0.15, 0.2) is 90.3 Å². The van der Waals surface area contributed by atoms with Crippen LogP contribution in [0.3, 0.4) is 0 Å². The van der Waals surface area contributed by atoms with Crippen molar-refractivity contribution in [3.8, 4) is 0 Å². The predicted molar refractivity (Wildman–Crippen MR) is 125 cm³/mol. The molecule has 0 unspecified atom stereocenters. The Morgan fingerprint density at radius 1 is 0.939 bits per heavy atom. The fourth-order valence-corrected chi connectivity index (χ4v) is 4.36. The fourth-order valence-electron chi connectivity index (χ4n) is 3.22. The highest BCUT2D eigenvalue weighted by atomic mass is 32.2. The number of nitrogens with zero attached hydrogens (tertiary/aromatic N) is 3. The molecule has 0 saturated heterocycles. The number of hydrogen-bond acceptors (Lipinski definition) is 5. The van der Waals surface area contributed by atoms with Crippen molar-refractivity contribution >= 4 is 21.6 Å². The maximum absolute atomic E-state index is 12.7. The molecule has 9 heteroatoms. The summed E-state index contributed by atoms with van der Waals surface area (Å²) in [6, 6.07) is 20.8. The lowest BCUT2D eigenvalue weighted by molar-refractivity contribution is 0.0951. The van der Waals surface area contributed by atoms with Gasteiger partial charge in [0.1, 0.15) is 12.7 Å². The second-order valence-corrected chi connectivity index (χ2v) is 9.22. The number of carbonyl (C=O) groups excluding carboxylic acids is 1. The van der Waals surface area contributed by atoms with Gasteiger partial charge in [-0.05, 0) is 53.9 Å². The van der Waals surface area contributed by atoms with Gasteiger partial charge in [-0.2, -0.15) is 5.10 Å². The van der Waals surface area contributed by atoms with Gasteiger partial charge in [-0.3, -0.25) is 9.52 Å². The summed E-state index contributed by atoms with van der Waals surface area (Å²) in [5.74, 6) is -0.280. The largest absolute Gasteiger partial charge is 0.348 e. The normalized spacial score (nSPS) is 11.2. The maximum atomic E-state index is 12.7. The van der Waals surface area contributed by atoms with E-state index in [-0.39, 0.29) is 10.8 Å². The highest BCUT2D eigenvalue weighted by Crippen LogP contribution is 2.19. The monoisotopic (exact) mass is 461 g/mol. The summed E-state index contributed by atoms with van der Waals surface area (Å²) >= 11 is 0. The van der Waals surface area contributed by atoms with Crippen molar-refractivity contribution < 1.29 is 13.2 Å². The molecule has 33 heavy (non-hydrogen) atoms. The van der Waals surface area contributed by atoms with Crippen LogP contribution >= 0.6 is 0 Å². The lowest BCUT2D eigenvalue weighted by Crippen LogP contribution is -2.23. The molecule has 0 aliphatic rings. The molecular formula is C24H23N5O3S. The second kappa shape index (κ2) is 9.66. The molecule has 0 fully saturated rings. The molecule has 0 spiro atoms. The van der Waals surface area contributed by atoms with Gasteiger partial charge in [-0.15, -0.1) is 0 Å². The smallest absolute Gasteiger partial charge is 0.261 e. The Kier molecular flexibility index (Phi) is 6.50. The van der Waals surface area contributed by atoms with Gasteiger partial charge in [0, 0.05) is 12.1 Å². The van der Waals surface area contributed by atoms with Crippen molar-refractivity contribution in [3.63, 3.8) is 0 Å². The Morgan fingerprint density at radius 3 is 2.30 bits per heavy atom. The lowest BCUT2D eigenvalue weighted by Gasteiger charge is -2.11. The van der Waals surface area contributed by atoms with Crippen LogP contribution in [0, 0.1) is 6.92 Å². The van der Waals surface area contributed by atoms with E-state index in [1.807, 2.05) is 43.3 Å². The van der Waals surface area contributed by atoms with E-state index in [2.05, 4.69) is 20.1 Å². The Morgan fingerprint density at radius 2 is 1.64 bits per heavy atom. The van der Waals surface area contributed by atoms with E-state index in [4.69, 9.17) is 0 Å². The van der Waals surface area contributed by atoms with Gasteiger partial charge in [0.15, 0.2) is 0 Å². The molecule has 0 radical (unpaired) electrons. The molecule has 0 aliphatic heterocycles. The Hall–Kier alpha value is -3.98. The molecule has 2 N–H and O–H groups in total. The summed E-state index contributed by atoms with van der Waals surface area (Å²) in [5.41, 5.74) is 3.75. The molecule has 1 amide bonds. The van der Waals surface area contributed by atoms with Crippen LogP contribution in [0.25, 0.3) is 0 Å². The van der Waals surface area contributed by atoms with Crippen molar-refractivity contribution in [2.45, 2.75) is 24.9 Å². The average Bonchev–Trinajstić information content (AvgIpc) is 3.33. The summed E-state index contributed by atoms with van der Waals surface area (Å²) in [6.07, 6.45) is 3.15. The minimum atomic E-state index is -3.75. The molecule has 0 atom stereocenters. The molecule has 1 aromatic heterocycles. The topological polar surface area (TPSA) is 106 Å². The zero-order valence-corrected chi connectivity index (χ0v) is 18.8. The number of aryl methyl sites for hydroxylation is 1. The van der Waals surface area contributed by atoms with Gasteiger partial charge in [0.25, 0.3) is 15.9 Å². The van der Waals surface area contributed by atoms with Crippen LogP contribution < -0.4 is 10.0 Å². The molecule has 0 aliphatic carbocycles. The van der Waals surface area contributed by atoms with Crippen molar-refractivity contribution in [1.29, 1.82) is 0 Å². The number of aromatic nitrogens is 3. The first kappa shape index (κ1) is 22.2. The van der Waals surface area contributed by atoms with Gasteiger partial charge in [-0.1, -0.05) is 42.5 Å². The number of benzene rings is 3. The summed E-state index contributed by atoms with van der Waals surface area (Å²) in [4.78, 5) is 16.5. The van der Waals surface area contributed by atoms with E-state index in [0.29, 0.717) is 24.3 Å². The second-order valence-electron chi connectivity index (χ2n) is 7.54. The van der Waals surface area contributed by atoms with Gasteiger partial charge in [0.05, 0.1) is 17.1 Å². The SMILES string of the molecule is Cc1ccccc1NS(=O)(=O)c1ccc(C(=O)NCc2ccc(Cn3cncn3)cc2)cc1. The average molecular weight is 462 g/mol. The third kappa shape index (κ3) is 5.64. The van der Waals surface area contributed by atoms with Crippen molar-refractivity contribution in [2.24, 2.45) is 0 Å². The molecule has 4 rings (SSSR count). The highest BCUT2D eigenvalue weighted by Gasteiger charge is 2.16. The molecular weight excluding hydrogens is 438 g/mol. The number of anilines is 1. The van der Waals surface area contributed by atoms with Crippen LogP contribution in [-0.2, 0) is 23.1 Å². The van der Waals surface area contributed by atoms with E-state index < -0.39 is 10.0 Å². The Balaban J connectivity index is 1.35. The predicted octanol–water partition coefficient (Wildman–Crippen LogP) is 3.37. The number of carbonyl (C=O) groups is 1. The molecule has 0 bridgehead atoms. The molecule has 8 nitrogen and oxygen atoms in total. The van der Waals surface area contributed by atoms with Crippen LogP contribution in [0.2, 0.25) is 0 Å². The van der Waals surface area contributed by atoms with Crippen LogP contribution in [0.4, 0.5) is 5.69 Å². The number of amides is 1. The van der Waals surface area contributed by atoms with Crippen LogP contribution in [0.5, 0.6) is 0 Å². The third-order valence-electron chi connectivity index (χ3n) is 5.10. The third-order valence-corrected chi connectivity index (χ3v) is 6.48. The summed E-state index contributed by atoms with van der Waals surface area (Å²) in [6.45, 7) is 2.81. The van der Waals surface area contributed by atoms with Gasteiger partial charge in [0.2, 0.25) is 0 Å². The Labute approximate surface area is 192 Å². The first-order chi connectivity index (χ1) is 15.9. The molecule has 1 heterocycles. The van der Waals surface area contributed by atoms with Gasteiger partial charge < -0.3 is 5.32 Å². The summed E-state index contributed by atoms with van der Waals surface area (Å²) < 4.78 is 29.6. The number of para-hydroxylation sites is 1. The van der Waals surface area contributed by atoms with Crippen LogP contribution in [-0.4, -0.2) is 29.1 Å². The Bertz CT molecular complexity index is 1330. The van der Waals surface area contributed by atoms with E-state index in [9.17, 15) is 13.2 Å². The minimum Gasteiger partial charge on any atom is -0.348 e. The molecule has 4 aromatic rings. The zero-order valence-electron chi connectivity index (χ0n) is 18.0. The van der Waals surface area contributed by atoms with Crippen molar-refractivity contribution in [1.82, 2.24) is 20.1 Å². The molecule has 3 aromatic carbocycles. The first-order valence-electron chi connectivity index (χ1n) is 10.3. The van der Waals surface area contributed by atoms with E-state index in [0.717, 1.165) is 16.7 Å². The number of rotatable bonds is 8. The maximum Gasteiger partial charge on any atom is 0.261 e. The summed E-state index contributed by atoms with van der Waals surface area (Å²) in [5, 5.41) is 6.93. The lowest BCUT2D eigenvalue weighted by atomic mass is 10.1. The number of nitrogens with one attached hydrogen (secondary N) is 2. The molecule has 168 valence electrons. The number of hydrogen-bond donors (Lipinski definition) is 2.